The minimum atomic E-state index is -0.102. The molecule has 29 heavy (non-hydrogen) atoms. The highest BCUT2D eigenvalue weighted by Gasteiger charge is 2.61. The van der Waals surface area contributed by atoms with E-state index in [-0.39, 0.29) is 30.1 Å². The van der Waals surface area contributed by atoms with Crippen LogP contribution >= 0.6 is 0 Å². The summed E-state index contributed by atoms with van der Waals surface area (Å²) in [6.45, 7) is 3.49. The number of rotatable bonds is 3. The van der Waals surface area contributed by atoms with Gasteiger partial charge in [-0.15, -0.1) is 0 Å². The largest absolute Gasteiger partial charge is 0.454 e. The van der Waals surface area contributed by atoms with Gasteiger partial charge in [0.2, 0.25) is 12.7 Å². The summed E-state index contributed by atoms with van der Waals surface area (Å²) in [5.41, 5.74) is 2.50. The Bertz CT molecular complexity index is 992. The fourth-order valence-corrected chi connectivity index (χ4v) is 4.37. The highest BCUT2D eigenvalue weighted by Crippen LogP contribution is 2.58. The van der Waals surface area contributed by atoms with Gasteiger partial charge in [0.05, 0.1) is 0 Å². The molecule has 7 nitrogen and oxygen atoms in total. The van der Waals surface area contributed by atoms with Crippen LogP contribution in [-0.2, 0) is 4.79 Å². The zero-order valence-corrected chi connectivity index (χ0v) is 16.2. The van der Waals surface area contributed by atoms with Crippen LogP contribution in [0.4, 0.5) is 16.2 Å². The van der Waals surface area contributed by atoms with E-state index in [1.54, 1.807) is 12.1 Å². The number of urea groups is 1. The molecule has 2 aromatic carbocycles. The first-order chi connectivity index (χ1) is 14.0. The Hall–Kier alpha value is -3.22. The average Bonchev–Trinajstić information content (AvgIpc) is 3.01. The van der Waals surface area contributed by atoms with Crippen molar-refractivity contribution in [2.24, 2.45) is 11.3 Å². The zero-order valence-electron chi connectivity index (χ0n) is 16.2. The monoisotopic (exact) mass is 393 g/mol. The molecule has 7 heteroatoms. The standard InChI is InChI=1S/C22H23N3O4/c1-14-3-2-4-15(9-14)24-21(27)25-8-7-22(12-25)11-17(22)20(26)23-16-5-6-18-19(10-16)29-13-28-18/h2-6,9-10,17H,7-8,11-13H2,1H3,(H,23,26)(H,24,27)/t17-,22-/m1/s1. The number of hydrogen-bond acceptors (Lipinski definition) is 4. The topological polar surface area (TPSA) is 79.9 Å². The van der Waals surface area contributed by atoms with Crippen LogP contribution in [0.1, 0.15) is 18.4 Å². The molecule has 1 spiro atoms. The Kier molecular flexibility index (Phi) is 4.12. The van der Waals surface area contributed by atoms with Crippen molar-refractivity contribution in [1.29, 1.82) is 0 Å². The van der Waals surface area contributed by atoms with Gasteiger partial charge in [0, 0.05) is 41.9 Å². The van der Waals surface area contributed by atoms with Crippen LogP contribution < -0.4 is 20.1 Å². The molecule has 1 saturated heterocycles. The van der Waals surface area contributed by atoms with Crippen molar-refractivity contribution in [1.82, 2.24) is 4.90 Å². The molecule has 3 amide bonds. The molecule has 0 unspecified atom stereocenters. The maximum Gasteiger partial charge on any atom is 0.321 e. The predicted molar refractivity (Wildman–Crippen MR) is 108 cm³/mol. The summed E-state index contributed by atoms with van der Waals surface area (Å²) < 4.78 is 10.7. The van der Waals surface area contributed by atoms with Crippen molar-refractivity contribution in [2.75, 3.05) is 30.5 Å². The third kappa shape index (κ3) is 3.37. The van der Waals surface area contributed by atoms with E-state index in [1.165, 1.54) is 0 Å². The Morgan fingerprint density at radius 2 is 1.90 bits per heavy atom. The number of amides is 3. The van der Waals surface area contributed by atoms with Crippen molar-refractivity contribution in [3.8, 4) is 11.5 Å². The molecule has 5 rings (SSSR count). The van der Waals surface area contributed by atoms with Crippen LogP contribution in [0.3, 0.4) is 0 Å². The lowest BCUT2D eigenvalue weighted by Crippen LogP contribution is -2.33. The van der Waals surface area contributed by atoms with Crippen LogP contribution in [0.25, 0.3) is 0 Å². The lowest BCUT2D eigenvalue weighted by atomic mass is 10.0. The van der Waals surface area contributed by atoms with E-state index < -0.39 is 0 Å². The van der Waals surface area contributed by atoms with Crippen LogP contribution in [0.5, 0.6) is 11.5 Å². The average molecular weight is 393 g/mol. The van der Waals surface area contributed by atoms with Crippen LogP contribution in [0.2, 0.25) is 0 Å². The molecule has 1 aliphatic carbocycles. The molecule has 2 atom stereocenters. The third-order valence-electron chi connectivity index (χ3n) is 6.09. The number of carbonyl (C=O) groups is 2. The van der Waals surface area contributed by atoms with Crippen molar-refractivity contribution in [3.05, 3.63) is 48.0 Å². The molecule has 0 radical (unpaired) electrons. The van der Waals surface area contributed by atoms with Gasteiger partial charge in [0.15, 0.2) is 11.5 Å². The number of anilines is 2. The third-order valence-corrected chi connectivity index (χ3v) is 6.09. The van der Waals surface area contributed by atoms with E-state index in [9.17, 15) is 9.59 Å². The fraction of sp³-hybridized carbons (Fsp3) is 0.364. The van der Waals surface area contributed by atoms with E-state index in [0.29, 0.717) is 30.3 Å². The van der Waals surface area contributed by atoms with Crippen molar-refractivity contribution < 1.29 is 19.1 Å². The van der Waals surface area contributed by atoms with E-state index in [4.69, 9.17) is 9.47 Å². The van der Waals surface area contributed by atoms with Crippen LogP contribution in [-0.4, -0.2) is 36.7 Å². The second-order valence-corrected chi connectivity index (χ2v) is 8.15. The van der Waals surface area contributed by atoms with Gasteiger partial charge in [-0.25, -0.2) is 4.79 Å². The Labute approximate surface area is 169 Å². The molecule has 2 N–H and O–H groups in total. The molecule has 2 fully saturated rings. The van der Waals surface area contributed by atoms with E-state index in [1.807, 2.05) is 42.2 Å². The van der Waals surface area contributed by atoms with E-state index in [2.05, 4.69) is 10.6 Å². The summed E-state index contributed by atoms with van der Waals surface area (Å²) in [7, 11) is 0. The van der Waals surface area contributed by atoms with Gasteiger partial charge in [-0.2, -0.15) is 0 Å². The Balaban J connectivity index is 1.18. The van der Waals surface area contributed by atoms with Gasteiger partial charge >= 0.3 is 6.03 Å². The van der Waals surface area contributed by atoms with Gasteiger partial charge in [-0.05, 0) is 49.6 Å². The molecule has 0 bridgehead atoms. The first-order valence-corrected chi connectivity index (χ1v) is 9.86. The number of hydrogen-bond donors (Lipinski definition) is 2. The second-order valence-electron chi connectivity index (χ2n) is 8.15. The minimum Gasteiger partial charge on any atom is -0.454 e. The number of nitrogens with one attached hydrogen (secondary N) is 2. The fourth-order valence-electron chi connectivity index (χ4n) is 4.37. The quantitative estimate of drug-likeness (QED) is 0.835. The lowest BCUT2D eigenvalue weighted by Gasteiger charge is -2.18. The summed E-state index contributed by atoms with van der Waals surface area (Å²) in [6.07, 6.45) is 1.67. The van der Waals surface area contributed by atoms with Gasteiger partial charge in [-0.1, -0.05) is 12.1 Å². The zero-order chi connectivity index (χ0) is 20.0. The van der Waals surface area contributed by atoms with Gasteiger partial charge in [-0.3, -0.25) is 4.79 Å². The molecule has 0 aromatic heterocycles. The molecule has 2 heterocycles. The normalized spacial score (nSPS) is 23.9. The number of fused-ring (bicyclic) bond motifs is 1. The molecular formula is C22H23N3O4. The maximum atomic E-state index is 12.7. The van der Waals surface area contributed by atoms with Gasteiger partial charge in [0.1, 0.15) is 0 Å². The van der Waals surface area contributed by atoms with Gasteiger partial charge < -0.3 is 25.0 Å². The Morgan fingerprint density at radius 3 is 2.76 bits per heavy atom. The summed E-state index contributed by atoms with van der Waals surface area (Å²) >= 11 is 0. The molecule has 1 saturated carbocycles. The van der Waals surface area contributed by atoms with Crippen molar-refractivity contribution >= 4 is 23.3 Å². The molecule has 2 aromatic rings. The highest BCUT2D eigenvalue weighted by molar-refractivity contribution is 5.96. The number of ether oxygens (including phenoxy) is 2. The number of nitrogens with zero attached hydrogens (tertiary/aromatic N) is 1. The molecule has 3 aliphatic rings. The van der Waals surface area contributed by atoms with Crippen LogP contribution in [0, 0.1) is 18.3 Å². The smallest absolute Gasteiger partial charge is 0.321 e. The number of benzene rings is 2. The summed E-state index contributed by atoms with van der Waals surface area (Å²) in [5, 5.41) is 5.94. The van der Waals surface area contributed by atoms with E-state index >= 15 is 0 Å². The van der Waals surface area contributed by atoms with Crippen LogP contribution in [0.15, 0.2) is 42.5 Å². The summed E-state index contributed by atoms with van der Waals surface area (Å²) in [4.78, 5) is 27.2. The SMILES string of the molecule is Cc1cccc(NC(=O)N2CC[C@@]3(C[C@@H]3C(=O)Nc3ccc4c(c3)OCO4)C2)c1. The Morgan fingerprint density at radius 1 is 1.07 bits per heavy atom. The van der Waals surface area contributed by atoms with Crippen molar-refractivity contribution in [3.63, 3.8) is 0 Å². The number of carbonyl (C=O) groups excluding carboxylic acids is 2. The summed E-state index contributed by atoms with van der Waals surface area (Å²) in [5.74, 6) is 1.28. The first-order valence-electron chi connectivity index (χ1n) is 9.86. The van der Waals surface area contributed by atoms with Gasteiger partial charge in [0.25, 0.3) is 0 Å². The highest BCUT2D eigenvalue weighted by atomic mass is 16.7. The molecular weight excluding hydrogens is 370 g/mol. The number of aryl methyl sites for hydroxylation is 1. The lowest BCUT2D eigenvalue weighted by molar-refractivity contribution is -0.118. The predicted octanol–water partition coefficient (Wildman–Crippen LogP) is 3.61. The molecule has 2 aliphatic heterocycles. The molecule has 150 valence electrons. The van der Waals surface area contributed by atoms with E-state index in [0.717, 1.165) is 24.1 Å². The number of likely N-dealkylation sites (tertiary alicyclic amines) is 1. The summed E-state index contributed by atoms with van der Waals surface area (Å²) in [6, 6.07) is 13.0. The minimum absolute atomic E-state index is 0.00445. The second kappa shape index (κ2) is 6.69. The first kappa shape index (κ1) is 17.8. The maximum absolute atomic E-state index is 12.7. The van der Waals surface area contributed by atoms with Crippen molar-refractivity contribution in [2.45, 2.75) is 19.8 Å².